The average molecular weight is 258 g/mol. The van der Waals surface area contributed by atoms with Gasteiger partial charge in [0.2, 0.25) is 0 Å². The Morgan fingerprint density at radius 2 is 2.18 bits per heavy atom. The molecular weight excluding hydrogens is 238 g/mol. The molecule has 0 amide bonds. The van der Waals surface area contributed by atoms with E-state index in [0.717, 1.165) is 24.2 Å². The highest BCUT2D eigenvalue weighted by molar-refractivity contribution is 6.32. The summed E-state index contributed by atoms with van der Waals surface area (Å²) in [5, 5.41) is 4.91. The molecular formula is C12H20ClN3O. The van der Waals surface area contributed by atoms with Crippen molar-refractivity contribution in [2.45, 2.75) is 33.1 Å². The zero-order chi connectivity index (χ0) is 13.0. The zero-order valence-corrected chi connectivity index (χ0v) is 11.4. The van der Waals surface area contributed by atoms with Gasteiger partial charge >= 0.3 is 0 Å². The van der Waals surface area contributed by atoms with Crippen LogP contribution < -0.4 is 5.73 Å². The predicted octanol–water partition coefficient (Wildman–Crippen LogP) is 1.73. The maximum Gasteiger partial charge on any atom is 0.143 e. The molecule has 0 fully saturated rings. The number of rotatable bonds is 6. The van der Waals surface area contributed by atoms with E-state index in [9.17, 15) is 4.79 Å². The smallest absolute Gasteiger partial charge is 0.143 e. The summed E-state index contributed by atoms with van der Waals surface area (Å²) in [7, 11) is 1.82. The van der Waals surface area contributed by atoms with Crippen LogP contribution in [0, 0.1) is 5.92 Å². The first-order chi connectivity index (χ1) is 8.04. The van der Waals surface area contributed by atoms with Crippen molar-refractivity contribution in [3.63, 3.8) is 0 Å². The Labute approximate surface area is 107 Å². The van der Waals surface area contributed by atoms with Gasteiger partial charge in [-0.1, -0.05) is 25.4 Å². The number of aryl methyl sites for hydroxylation is 2. The second-order valence-electron chi connectivity index (χ2n) is 4.17. The molecule has 0 aromatic carbocycles. The van der Waals surface area contributed by atoms with E-state index in [-0.39, 0.29) is 11.7 Å². The lowest BCUT2D eigenvalue weighted by atomic mass is 9.97. The van der Waals surface area contributed by atoms with Gasteiger partial charge in [0, 0.05) is 19.5 Å². The van der Waals surface area contributed by atoms with Crippen molar-refractivity contribution in [3.05, 3.63) is 16.4 Å². The zero-order valence-electron chi connectivity index (χ0n) is 10.7. The molecule has 0 spiro atoms. The number of Topliss-reactive ketones (excluding diaryl/α,β-unsaturated/α-hetero) is 1. The Morgan fingerprint density at radius 1 is 1.53 bits per heavy atom. The molecule has 1 aromatic heterocycles. The Balaban J connectivity index is 2.88. The van der Waals surface area contributed by atoms with Crippen LogP contribution in [0.3, 0.4) is 0 Å². The Kier molecular flexibility index (Phi) is 5.15. The van der Waals surface area contributed by atoms with Crippen LogP contribution >= 0.6 is 11.6 Å². The molecule has 0 saturated carbocycles. The topological polar surface area (TPSA) is 60.9 Å². The number of nitrogens with two attached hydrogens (primary N) is 1. The van der Waals surface area contributed by atoms with E-state index in [1.807, 2.05) is 20.9 Å². The number of carbonyl (C=O) groups excluding carboxylic acids is 1. The van der Waals surface area contributed by atoms with E-state index >= 15 is 0 Å². The Hall–Kier alpha value is -0.870. The molecule has 0 aliphatic carbocycles. The molecule has 4 nitrogen and oxygen atoms in total. The number of hydrogen-bond acceptors (Lipinski definition) is 3. The minimum Gasteiger partial charge on any atom is -0.330 e. The molecule has 17 heavy (non-hydrogen) atoms. The van der Waals surface area contributed by atoms with Crippen LogP contribution in [-0.4, -0.2) is 22.1 Å². The Bertz CT molecular complexity index is 397. The van der Waals surface area contributed by atoms with Crippen LogP contribution in [0.25, 0.3) is 0 Å². The minimum absolute atomic E-state index is 0.0777. The number of ketones is 1. The van der Waals surface area contributed by atoms with Gasteiger partial charge in [0.1, 0.15) is 5.78 Å². The van der Waals surface area contributed by atoms with Gasteiger partial charge < -0.3 is 5.73 Å². The minimum atomic E-state index is -0.0777. The SMILES string of the molecule is CCc1nn(C)c(CC(=O)C(CC)CN)c1Cl. The Morgan fingerprint density at radius 3 is 2.59 bits per heavy atom. The van der Waals surface area contributed by atoms with Crippen LogP contribution in [0.2, 0.25) is 5.02 Å². The standard InChI is InChI=1S/C12H20ClN3O/c1-4-8(7-14)11(17)6-10-12(13)9(5-2)15-16(10)3/h8H,4-7,14H2,1-3H3. The molecule has 2 N–H and O–H groups in total. The van der Waals surface area contributed by atoms with Gasteiger partial charge in [0.25, 0.3) is 0 Å². The highest BCUT2D eigenvalue weighted by atomic mass is 35.5. The third-order valence-corrected chi connectivity index (χ3v) is 3.51. The highest BCUT2D eigenvalue weighted by Gasteiger charge is 2.20. The van der Waals surface area contributed by atoms with Gasteiger partial charge in [-0.3, -0.25) is 9.48 Å². The molecule has 1 heterocycles. The highest BCUT2D eigenvalue weighted by Crippen LogP contribution is 2.22. The average Bonchev–Trinajstić information content (AvgIpc) is 2.58. The molecule has 1 atom stereocenters. The maximum atomic E-state index is 12.0. The van der Waals surface area contributed by atoms with E-state index in [1.165, 1.54) is 0 Å². The summed E-state index contributed by atoms with van der Waals surface area (Å²) < 4.78 is 1.70. The van der Waals surface area contributed by atoms with Crippen LogP contribution in [0.1, 0.15) is 31.7 Å². The molecule has 1 aromatic rings. The molecule has 0 radical (unpaired) electrons. The second kappa shape index (κ2) is 6.17. The summed E-state index contributed by atoms with van der Waals surface area (Å²) in [6.07, 6.45) is 1.86. The molecule has 0 aliphatic heterocycles. The van der Waals surface area contributed by atoms with E-state index in [4.69, 9.17) is 17.3 Å². The summed E-state index contributed by atoms with van der Waals surface area (Å²) in [4.78, 5) is 12.0. The maximum absolute atomic E-state index is 12.0. The lowest BCUT2D eigenvalue weighted by Gasteiger charge is -2.10. The fourth-order valence-electron chi connectivity index (χ4n) is 1.85. The largest absolute Gasteiger partial charge is 0.330 e. The van der Waals surface area contributed by atoms with Gasteiger partial charge in [0.15, 0.2) is 0 Å². The van der Waals surface area contributed by atoms with Crippen molar-refractivity contribution in [3.8, 4) is 0 Å². The molecule has 0 bridgehead atoms. The van der Waals surface area contributed by atoms with Gasteiger partial charge in [-0.25, -0.2) is 0 Å². The lowest BCUT2D eigenvalue weighted by molar-refractivity contribution is -0.122. The third kappa shape index (κ3) is 3.07. The van der Waals surface area contributed by atoms with Gasteiger partial charge in [-0.15, -0.1) is 0 Å². The lowest BCUT2D eigenvalue weighted by Crippen LogP contribution is -2.25. The molecule has 1 unspecified atom stereocenters. The van der Waals surface area contributed by atoms with Crippen molar-refractivity contribution < 1.29 is 4.79 Å². The number of aromatic nitrogens is 2. The van der Waals surface area contributed by atoms with Gasteiger partial charge in [-0.2, -0.15) is 5.10 Å². The van der Waals surface area contributed by atoms with Crippen molar-refractivity contribution in [1.29, 1.82) is 0 Å². The van der Waals surface area contributed by atoms with E-state index < -0.39 is 0 Å². The van der Waals surface area contributed by atoms with Crippen molar-refractivity contribution in [1.82, 2.24) is 9.78 Å². The molecule has 5 heteroatoms. The first-order valence-corrected chi connectivity index (χ1v) is 6.35. The number of nitrogens with zero attached hydrogens (tertiary/aromatic N) is 2. The van der Waals surface area contributed by atoms with Crippen LogP contribution in [0.5, 0.6) is 0 Å². The molecule has 1 rings (SSSR count). The predicted molar refractivity (Wildman–Crippen MR) is 69.1 cm³/mol. The van der Waals surface area contributed by atoms with Crippen molar-refractivity contribution in [2.75, 3.05) is 6.54 Å². The second-order valence-corrected chi connectivity index (χ2v) is 4.55. The quantitative estimate of drug-likeness (QED) is 0.844. The summed E-state index contributed by atoms with van der Waals surface area (Å²) in [6.45, 7) is 4.36. The molecule has 0 aliphatic rings. The fourth-order valence-corrected chi connectivity index (χ4v) is 2.21. The van der Waals surface area contributed by atoms with Gasteiger partial charge in [0.05, 0.1) is 22.8 Å². The summed E-state index contributed by atoms with van der Waals surface area (Å²) >= 11 is 6.20. The van der Waals surface area contributed by atoms with E-state index in [1.54, 1.807) is 4.68 Å². The van der Waals surface area contributed by atoms with E-state index in [2.05, 4.69) is 5.10 Å². The van der Waals surface area contributed by atoms with Crippen molar-refractivity contribution in [2.24, 2.45) is 18.7 Å². The van der Waals surface area contributed by atoms with Crippen LogP contribution in [0.15, 0.2) is 0 Å². The number of halogens is 1. The van der Waals surface area contributed by atoms with Crippen LogP contribution in [0.4, 0.5) is 0 Å². The molecule has 0 saturated heterocycles. The van der Waals surface area contributed by atoms with Crippen LogP contribution in [-0.2, 0) is 24.7 Å². The van der Waals surface area contributed by atoms with E-state index in [0.29, 0.717) is 18.0 Å². The first-order valence-electron chi connectivity index (χ1n) is 5.98. The van der Waals surface area contributed by atoms with Crippen molar-refractivity contribution >= 4 is 17.4 Å². The normalized spacial score (nSPS) is 12.8. The summed E-state index contributed by atoms with van der Waals surface area (Å²) in [5.74, 6) is 0.0635. The monoisotopic (exact) mass is 257 g/mol. The fraction of sp³-hybridized carbons (Fsp3) is 0.667. The number of hydrogen-bond donors (Lipinski definition) is 1. The van der Waals surface area contributed by atoms with Gasteiger partial charge in [-0.05, 0) is 12.8 Å². The first kappa shape index (κ1) is 14.2. The summed E-state index contributed by atoms with van der Waals surface area (Å²) in [6, 6.07) is 0. The molecule has 96 valence electrons. The third-order valence-electron chi connectivity index (χ3n) is 3.08. The summed E-state index contributed by atoms with van der Waals surface area (Å²) in [5.41, 5.74) is 7.21. The number of carbonyl (C=O) groups is 1.